The van der Waals surface area contributed by atoms with E-state index in [9.17, 15) is 0 Å². The van der Waals surface area contributed by atoms with Gasteiger partial charge in [-0.2, -0.15) is 0 Å². The van der Waals surface area contributed by atoms with Gasteiger partial charge in [-0.15, -0.1) is 0 Å². The van der Waals surface area contributed by atoms with E-state index >= 15 is 0 Å². The molecule has 1 aliphatic rings. The minimum Gasteiger partial charge on any atom is -0.333 e. The summed E-state index contributed by atoms with van der Waals surface area (Å²) in [7, 11) is 0. The number of amidine groups is 1. The van der Waals surface area contributed by atoms with Crippen LogP contribution in [-0.4, -0.2) is 21.4 Å². The van der Waals surface area contributed by atoms with Crippen molar-refractivity contribution in [1.82, 2.24) is 4.98 Å². The van der Waals surface area contributed by atoms with Gasteiger partial charge in [0.15, 0.2) is 5.17 Å². The average molecular weight is 350 g/mol. The number of hydrogen-bond donors (Lipinski definition) is 1. The zero-order valence-corrected chi connectivity index (χ0v) is 13.8. The quantitative estimate of drug-likeness (QED) is 0.811. The zero-order valence-electron chi connectivity index (χ0n) is 11.4. The fourth-order valence-electron chi connectivity index (χ4n) is 2.41. The van der Waals surface area contributed by atoms with Gasteiger partial charge in [-0.3, -0.25) is 9.98 Å². The molecule has 3 nitrogen and oxygen atoms in total. The first-order valence-electron chi connectivity index (χ1n) is 6.67. The highest BCUT2D eigenvalue weighted by molar-refractivity contribution is 9.10. The monoisotopic (exact) mass is 349 g/mol. The van der Waals surface area contributed by atoms with Crippen LogP contribution in [-0.2, 0) is 0 Å². The molecule has 2 heterocycles. The summed E-state index contributed by atoms with van der Waals surface area (Å²) in [4.78, 5) is 9.19. The molecule has 0 aliphatic carbocycles. The number of benzene rings is 1. The summed E-state index contributed by atoms with van der Waals surface area (Å²) in [5, 5.41) is 6.15. The van der Waals surface area contributed by atoms with Crippen LogP contribution in [0.25, 0.3) is 10.9 Å². The van der Waals surface area contributed by atoms with E-state index in [1.807, 2.05) is 12.3 Å². The maximum atomic E-state index is 4.68. The van der Waals surface area contributed by atoms with Crippen molar-refractivity contribution in [1.29, 1.82) is 0 Å². The SMILES string of the molecule is CC1CC(C)SC(Nc2cccc3cc(Br)cnc23)=N1. The maximum Gasteiger partial charge on any atom is 0.161 e. The van der Waals surface area contributed by atoms with Crippen LogP contribution < -0.4 is 5.32 Å². The molecule has 3 rings (SSSR count). The van der Waals surface area contributed by atoms with Crippen molar-refractivity contribution in [2.24, 2.45) is 4.99 Å². The van der Waals surface area contributed by atoms with Crippen LogP contribution in [0.5, 0.6) is 0 Å². The molecule has 0 saturated carbocycles. The molecule has 2 aromatic rings. The predicted molar refractivity (Wildman–Crippen MR) is 91.6 cm³/mol. The second-order valence-electron chi connectivity index (χ2n) is 5.10. The Morgan fingerprint density at radius 1 is 1.35 bits per heavy atom. The van der Waals surface area contributed by atoms with Crippen LogP contribution in [0, 0.1) is 0 Å². The summed E-state index contributed by atoms with van der Waals surface area (Å²) < 4.78 is 0.994. The van der Waals surface area contributed by atoms with Crippen molar-refractivity contribution >= 4 is 49.4 Å². The zero-order chi connectivity index (χ0) is 14.1. The molecule has 1 N–H and O–H groups in total. The Balaban J connectivity index is 1.95. The summed E-state index contributed by atoms with van der Waals surface area (Å²) in [5.74, 6) is 0. The van der Waals surface area contributed by atoms with Gasteiger partial charge in [0, 0.05) is 21.3 Å². The average Bonchev–Trinajstić information content (AvgIpc) is 2.37. The molecule has 1 aliphatic heterocycles. The molecule has 1 aromatic heterocycles. The number of aliphatic imine (C=N–C) groups is 1. The Hall–Kier alpha value is -1.07. The van der Waals surface area contributed by atoms with Crippen molar-refractivity contribution < 1.29 is 0 Å². The van der Waals surface area contributed by atoms with Crippen molar-refractivity contribution in [2.75, 3.05) is 5.32 Å². The number of nitrogens with zero attached hydrogens (tertiary/aromatic N) is 2. The van der Waals surface area contributed by atoms with Crippen LogP contribution in [0.3, 0.4) is 0 Å². The second-order valence-corrected chi connectivity index (χ2v) is 7.45. The smallest absolute Gasteiger partial charge is 0.161 e. The van der Waals surface area contributed by atoms with E-state index < -0.39 is 0 Å². The molecule has 20 heavy (non-hydrogen) atoms. The first-order valence-corrected chi connectivity index (χ1v) is 8.35. The summed E-state index contributed by atoms with van der Waals surface area (Å²) in [6.45, 7) is 4.41. The third-order valence-electron chi connectivity index (χ3n) is 3.24. The summed E-state index contributed by atoms with van der Waals surface area (Å²) in [6.07, 6.45) is 2.96. The Labute approximate surface area is 131 Å². The highest BCUT2D eigenvalue weighted by Crippen LogP contribution is 2.29. The fourth-order valence-corrected chi connectivity index (χ4v) is 3.93. The lowest BCUT2D eigenvalue weighted by atomic mass is 10.2. The van der Waals surface area contributed by atoms with Gasteiger partial charge in [0.2, 0.25) is 0 Å². The van der Waals surface area contributed by atoms with E-state index in [0.717, 1.165) is 32.7 Å². The molecule has 5 heteroatoms. The van der Waals surface area contributed by atoms with E-state index in [-0.39, 0.29) is 0 Å². The Morgan fingerprint density at radius 3 is 3.00 bits per heavy atom. The fraction of sp³-hybridized carbons (Fsp3) is 0.333. The normalized spacial score (nSPS) is 22.6. The number of pyridine rings is 1. The van der Waals surface area contributed by atoms with E-state index in [4.69, 9.17) is 0 Å². The highest BCUT2D eigenvalue weighted by atomic mass is 79.9. The molecular formula is C15H16BrN3S. The number of rotatable bonds is 1. The standard InChI is InChI=1S/C15H16BrN3S/c1-9-6-10(2)20-15(18-9)19-13-5-3-4-11-7-12(16)8-17-14(11)13/h3-5,7-10H,6H2,1-2H3,(H,18,19). The Bertz CT molecular complexity index is 671. The first kappa shape index (κ1) is 13.9. The lowest BCUT2D eigenvalue weighted by Crippen LogP contribution is -2.22. The lowest BCUT2D eigenvalue weighted by Gasteiger charge is -2.23. The summed E-state index contributed by atoms with van der Waals surface area (Å²) in [5.41, 5.74) is 1.99. The number of aromatic nitrogens is 1. The molecule has 0 fully saturated rings. The molecule has 2 unspecified atom stereocenters. The van der Waals surface area contributed by atoms with Gasteiger partial charge in [-0.25, -0.2) is 0 Å². The first-order chi connectivity index (χ1) is 9.61. The molecule has 0 radical (unpaired) electrons. The van der Waals surface area contributed by atoms with E-state index in [1.165, 1.54) is 0 Å². The van der Waals surface area contributed by atoms with Gasteiger partial charge < -0.3 is 5.32 Å². The third kappa shape index (κ3) is 2.99. The van der Waals surface area contributed by atoms with Gasteiger partial charge in [0.05, 0.1) is 17.2 Å². The second kappa shape index (κ2) is 5.74. The largest absolute Gasteiger partial charge is 0.333 e. The van der Waals surface area contributed by atoms with E-state index in [2.05, 4.69) is 63.3 Å². The van der Waals surface area contributed by atoms with Crippen LogP contribution in [0.15, 0.2) is 39.9 Å². The number of thioether (sulfide) groups is 1. The number of para-hydroxylation sites is 1. The minimum atomic E-state index is 0.380. The molecule has 0 amide bonds. The number of halogens is 1. The third-order valence-corrected chi connectivity index (χ3v) is 4.70. The van der Waals surface area contributed by atoms with Crippen LogP contribution in [0.2, 0.25) is 0 Å². The van der Waals surface area contributed by atoms with E-state index in [0.29, 0.717) is 11.3 Å². The van der Waals surface area contributed by atoms with E-state index in [1.54, 1.807) is 11.8 Å². The van der Waals surface area contributed by atoms with Crippen LogP contribution in [0.1, 0.15) is 20.3 Å². The minimum absolute atomic E-state index is 0.380. The van der Waals surface area contributed by atoms with Gasteiger partial charge in [0.1, 0.15) is 0 Å². The van der Waals surface area contributed by atoms with Crippen molar-refractivity contribution in [3.63, 3.8) is 0 Å². The molecular weight excluding hydrogens is 334 g/mol. The van der Waals surface area contributed by atoms with Gasteiger partial charge in [-0.1, -0.05) is 30.8 Å². The maximum absolute atomic E-state index is 4.68. The predicted octanol–water partition coefficient (Wildman–Crippen LogP) is 4.68. The van der Waals surface area contributed by atoms with Crippen molar-refractivity contribution in [3.05, 3.63) is 34.9 Å². The summed E-state index contributed by atoms with van der Waals surface area (Å²) in [6, 6.07) is 8.62. The van der Waals surface area contributed by atoms with Gasteiger partial charge in [0.25, 0.3) is 0 Å². The topological polar surface area (TPSA) is 37.3 Å². The lowest BCUT2D eigenvalue weighted by molar-refractivity contribution is 0.661. The number of fused-ring (bicyclic) bond motifs is 1. The Kier molecular flexibility index (Phi) is 3.98. The molecule has 0 bridgehead atoms. The molecule has 0 saturated heterocycles. The Morgan fingerprint density at radius 2 is 2.20 bits per heavy atom. The van der Waals surface area contributed by atoms with Crippen molar-refractivity contribution in [2.45, 2.75) is 31.6 Å². The summed E-state index contributed by atoms with van der Waals surface area (Å²) >= 11 is 5.26. The van der Waals surface area contributed by atoms with Gasteiger partial charge in [-0.05, 0) is 41.4 Å². The highest BCUT2D eigenvalue weighted by Gasteiger charge is 2.19. The van der Waals surface area contributed by atoms with Crippen LogP contribution >= 0.6 is 27.7 Å². The number of hydrogen-bond acceptors (Lipinski definition) is 4. The number of nitrogens with one attached hydrogen (secondary N) is 1. The molecule has 1 aromatic carbocycles. The van der Waals surface area contributed by atoms with Crippen molar-refractivity contribution in [3.8, 4) is 0 Å². The molecule has 0 spiro atoms. The van der Waals surface area contributed by atoms with Crippen LogP contribution in [0.4, 0.5) is 5.69 Å². The van der Waals surface area contributed by atoms with Gasteiger partial charge >= 0.3 is 0 Å². The number of anilines is 1. The molecule has 104 valence electrons. The molecule has 2 atom stereocenters.